The number of benzene rings is 2. The Morgan fingerprint density at radius 1 is 1.05 bits per heavy atom. The van der Waals surface area contributed by atoms with Crippen molar-refractivity contribution in [2.45, 2.75) is 6.54 Å². The topological polar surface area (TPSA) is 20.3 Å². The second-order valence-corrected chi connectivity index (χ2v) is 7.09. The number of hydrogen-bond acceptors (Lipinski definition) is 3. The molecule has 22 heavy (non-hydrogen) atoms. The molecular weight excluding hydrogens is 314 g/mol. The molecule has 1 aliphatic rings. The van der Waals surface area contributed by atoms with E-state index in [-0.39, 0.29) is 5.78 Å². The van der Waals surface area contributed by atoms with Crippen LogP contribution in [0.5, 0.6) is 0 Å². The van der Waals surface area contributed by atoms with Gasteiger partial charge in [0.05, 0.1) is 0 Å². The van der Waals surface area contributed by atoms with Gasteiger partial charge in [-0.05, 0) is 17.7 Å². The van der Waals surface area contributed by atoms with Gasteiger partial charge in [0.2, 0.25) is 0 Å². The highest BCUT2D eigenvalue weighted by Crippen LogP contribution is 2.17. The van der Waals surface area contributed by atoms with Crippen LogP contribution in [0, 0.1) is 0 Å². The maximum atomic E-state index is 12.4. The highest BCUT2D eigenvalue weighted by atomic mass is 35.5. The molecule has 0 unspecified atom stereocenters. The number of hydrogen-bond donors (Lipinski definition) is 0. The Morgan fingerprint density at radius 3 is 2.45 bits per heavy atom. The first-order valence-corrected chi connectivity index (χ1v) is 8.95. The van der Waals surface area contributed by atoms with E-state index < -0.39 is 0 Å². The molecule has 0 saturated carbocycles. The number of ketones is 1. The molecular formula is C18H18ClNOS. The summed E-state index contributed by atoms with van der Waals surface area (Å²) < 4.78 is 0. The summed E-state index contributed by atoms with van der Waals surface area (Å²) >= 11 is 7.97. The quantitative estimate of drug-likeness (QED) is 0.786. The van der Waals surface area contributed by atoms with Gasteiger partial charge in [-0.3, -0.25) is 9.69 Å². The fourth-order valence-electron chi connectivity index (χ4n) is 2.58. The molecule has 2 aromatic rings. The summed E-state index contributed by atoms with van der Waals surface area (Å²) in [5, 5.41) is 0.588. The molecule has 0 spiro atoms. The Bertz CT molecular complexity index is 650. The van der Waals surface area contributed by atoms with Crippen molar-refractivity contribution in [3.8, 4) is 0 Å². The normalized spacial score (nSPS) is 15.7. The molecule has 0 bridgehead atoms. The van der Waals surface area contributed by atoms with Crippen molar-refractivity contribution < 1.29 is 4.79 Å². The average Bonchev–Trinajstić information content (AvgIpc) is 2.56. The Balaban J connectivity index is 1.69. The number of carbonyl (C=O) groups excluding carboxylic acids is 1. The first-order chi connectivity index (χ1) is 10.7. The third-order valence-corrected chi connectivity index (χ3v) is 4.99. The molecule has 1 fully saturated rings. The summed E-state index contributed by atoms with van der Waals surface area (Å²) in [7, 11) is 0. The number of thioether (sulfide) groups is 1. The van der Waals surface area contributed by atoms with E-state index in [2.05, 4.69) is 17.0 Å². The summed E-state index contributed by atoms with van der Waals surface area (Å²) in [5.41, 5.74) is 2.60. The molecule has 0 radical (unpaired) electrons. The van der Waals surface area contributed by atoms with E-state index in [9.17, 15) is 4.79 Å². The Labute approximate surface area is 140 Å². The van der Waals surface area contributed by atoms with Crippen molar-refractivity contribution in [1.29, 1.82) is 0 Å². The molecule has 1 heterocycles. The minimum atomic E-state index is 0.0171. The summed E-state index contributed by atoms with van der Waals surface area (Å²) in [6.07, 6.45) is 0. The lowest BCUT2D eigenvalue weighted by Crippen LogP contribution is -2.31. The van der Waals surface area contributed by atoms with E-state index in [4.69, 9.17) is 11.6 Å². The molecule has 1 saturated heterocycles. The van der Waals surface area contributed by atoms with Crippen LogP contribution >= 0.6 is 23.4 Å². The van der Waals surface area contributed by atoms with E-state index in [0.29, 0.717) is 16.1 Å². The third-order valence-electron chi connectivity index (χ3n) is 3.81. The fraction of sp³-hybridized carbons (Fsp3) is 0.278. The minimum Gasteiger partial charge on any atom is -0.297 e. The van der Waals surface area contributed by atoms with Gasteiger partial charge in [0.25, 0.3) is 0 Å². The van der Waals surface area contributed by atoms with E-state index in [1.165, 1.54) is 17.1 Å². The number of carbonyl (C=O) groups is 1. The standard InChI is InChI=1S/C18H18ClNOS/c19-17-3-1-2-16(12-17)18(21)15-6-4-14(5-7-15)13-20-8-10-22-11-9-20/h1-7,12H,8-11,13H2. The van der Waals surface area contributed by atoms with Crippen molar-refractivity contribution in [3.05, 3.63) is 70.2 Å². The monoisotopic (exact) mass is 331 g/mol. The first-order valence-electron chi connectivity index (χ1n) is 7.42. The maximum Gasteiger partial charge on any atom is 0.193 e. The summed E-state index contributed by atoms with van der Waals surface area (Å²) in [6.45, 7) is 3.26. The molecule has 1 aliphatic heterocycles. The van der Waals surface area contributed by atoms with Crippen molar-refractivity contribution in [2.75, 3.05) is 24.6 Å². The van der Waals surface area contributed by atoms with E-state index in [1.807, 2.05) is 23.9 Å². The molecule has 0 amide bonds. The van der Waals surface area contributed by atoms with Gasteiger partial charge in [-0.25, -0.2) is 0 Å². The largest absolute Gasteiger partial charge is 0.297 e. The van der Waals surface area contributed by atoms with Crippen LogP contribution in [0.4, 0.5) is 0 Å². The van der Waals surface area contributed by atoms with Crippen molar-refractivity contribution in [3.63, 3.8) is 0 Å². The summed E-state index contributed by atoms with van der Waals surface area (Å²) in [6, 6.07) is 15.0. The Morgan fingerprint density at radius 2 is 1.77 bits per heavy atom. The SMILES string of the molecule is O=C(c1ccc(CN2CCSCC2)cc1)c1cccc(Cl)c1. The van der Waals surface area contributed by atoms with E-state index in [0.717, 1.165) is 19.6 Å². The molecule has 2 aromatic carbocycles. The Hall–Kier alpha value is -1.29. The molecule has 0 atom stereocenters. The highest BCUT2D eigenvalue weighted by molar-refractivity contribution is 7.99. The zero-order valence-electron chi connectivity index (χ0n) is 12.3. The molecule has 3 rings (SSSR count). The summed E-state index contributed by atoms with van der Waals surface area (Å²) in [4.78, 5) is 14.9. The maximum absolute atomic E-state index is 12.4. The zero-order valence-corrected chi connectivity index (χ0v) is 13.9. The molecule has 0 aromatic heterocycles. The van der Waals surface area contributed by atoms with Crippen LogP contribution in [0.2, 0.25) is 5.02 Å². The van der Waals surface area contributed by atoms with Gasteiger partial charge in [0, 0.05) is 47.3 Å². The first kappa shape index (κ1) is 15.6. The number of halogens is 1. The van der Waals surface area contributed by atoms with Gasteiger partial charge >= 0.3 is 0 Å². The number of rotatable bonds is 4. The predicted molar refractivity (Wildman–Crippen MR) is 93.9 cm³/mol. The van der Waals surface area contributed by atoms with Gasteiger partial charge < -0.3 is 0 Å². The number of nitrogens with zero attached hydrogens (tertiary/aromatic N) is 1. The highest BCUT2D eigenvalue weighted by Gasteiger charge is 2.12. The van der Waals surface area contributed by atoms with Crippen molar-refractivity contribution >= 4 is 29.1 Å². The molecule has 0 aliphatic carbocycles. The second kappa shape index (κ2) is 7.32. The van der Waals surface area contributed by atoms with Crippen LogP contribution < -0.4 is 0 Å². The molecule has 4 heteroatoms. The van der Waals surface area contributed by atoms with Crippen LogP contribution in [-0.4, -0.2) is 35.3 Å². The van der Waals surface area contributed by atoms with Crippen molar-refractivity contribution in [2.24, 2.45) is 0 Å². The van der Waals surface area contributed by atoms with Crippen LogP contribution in [0.15, 0.2) is 48.5 Å². The van der Waals surface area contributed by atoms with E-state index >= 15 is 0 Å². The van der Waals surface area contributed by atoms with Crippen LogP contribution in [0.3, 0.4) is 0 Å². The Kier molecular flexibility index (Phi) is 5.19. The summed E-state index contributed by atoms with van der Waals surface area (Å²) in [5.74, 6) is 2.44. The third kappa shape index (κ3) is 3.92. The van der Waals surface area contributed by atoms with Gasteiger partial charge in [0.15, 0.2) is 5.78 Å². The van der Waals surface area contributed by atoms with Crippen molar-refractivity contribution in [1.82, 2.24) is 4.90 Å². The zero-order chi connectivity index (χ0) is 15.4. The molecule has 114 valence electrons. The fourth-order valence-corrected chi connectivity index (χ4v) is 3.74. The molecule has 2 nitrogen and oxygen atoms in total. The molecule has 0 N–H and O–H groups in total. The lowest BCUT2D eigenvalue weighted by molar-refractivity contribution is 0.103. The second-order valence-electron chi connectivity index (χ2n) is 5.42. The van der Waals surface area contributed by atoms with Gasteiger partial charge in [0.1, 0.15) is 0 Å². The van der Waals surface area contributed by atoms with Crippen LogP contribution in [-0.2, 0) is 6.54 Å². The van der Waals surface area contributed by atoms with Crippen LogP contribution in [0.25, 0.3) is 0 Å². The average molecular weight is 332 g/mol. The lowest BCUT2D eigenvalue weighted by atomic mass is 10.0. The smallest absolute Gasteiger partial charge is 0.193 e. The van der Waals surface area contributed by atoms with E-state index in [1.54, 1.807) is 24.3 Å². The van der Waals surface area contributed by atoms with Gasteiger partial charge in [-0.15, -0.1) is 0 Å². The van der Waals surface area contributed by atoms with Crippen LogP contribution in [0.1, 0.15) is 21.5 Å². The predicted octanol–water partition coefficient (Wildman–Crippen LogP) is 4.12. The van der Waals surface area contributed by atoms with Gasteiger partial charge in [-0.2, -0.15) is 11.8 Å². The lowest BCUT2D eigenvalue weighted by Gasteiger charge is -2.26. The van der Waals surface area contributed by atoms with Gasteiger partial charge in [-0.1, -0.05) is 48.0 Å². The minimum absolute atomic E-state index is 0.0171.